The van der Waals surface area contributed by atoms with Gasteiger partial charge in [-0.05, 0) is 43.2 Å². The lowest BCUT2D eigenvalue weighted by Gasteiger charge is -2.18. The van der Waals surface area contributed by atoms with E-state index in [0.717, 1.165) is 12.0 Å². The minimum Gasteiger partial charge on any atom is -0.449 e. The van der Waals surface area contributed by atoms with Crippen LogP contribution >= 0.6 is 0 Å². The topological polar surface area (TPSA) is 64.6 Å². The Hall–Kier alpha value is -2.96. The van der Waals surface area contributed by atoms with Crippen LogP contribution in [-0.2, 0) is 9.53 Å². The van der Waals surface area contributed by atoms with Crippen LogP contribution in [-0.4, -0.2) is 31.1 Å². The predicted octanol–water partition coefficient (Wildman–Crippen LogP) is 4.14. The molecule has 0 unspecified atom stereocenters. The van der Waals surface area contributed by atoms with Gasteiger partial charge in [0.05, 0.1) is 5.56 Å². The van der Waals surface area contributed by atoms with E-state index in [2.05, 4.69) is 10.1 Å². The first-order valence-electron chi connectivity index (χ1n) is 8.99. The smallest absolute Gasteiger partial charge is 0.387 e. The van der Waals surface area contributed by atoms with Crippen LogP contribution in [0.25, 0.3) is 0 Å². The number of hydrogen-bond acceptors (Lipinski definition) is 4. The third-order valence-electron chi connectivity index (χ3n) is 4.25. The molecule has 150 valence electrons. The van der Waals surface area contributed by atoms with Crippen LogP contribution < -0.4 is 10.1 Å². The second-order valence-corrected chi connectivity index (χ2v) is 6.21. The number of alkyl halides is 2. The van der Waals surface area contributed by atoms with E-state index in [9.17, 15) is 18.4 Å². The molecule has 0 saturated carbocycles. The standard InChI is InChI=1S/C21H23F2NO4/c1-3-15(16-7-5-4-6-8-16)13-24-19(25)14(2)27-20(26)17-9-11-18(12-10-17)28-21(22)23/h4-12,14-15,21H,3,13H2,1-2H3,(H,24,25)/t14-,15+/m0/s1. The number of carbonyl (C=O) groups excluding carboxylic acids is 2. The third kappa shape index (κ3) is 6.33. The van der Waals surface area contributed by atoms with Crippen LogP contribution in [0.15, 0.2) is 54.6 Å². The molecule has 1 N–H and O–H groups in total. The van der Waals surface area contributed by atoms with Crippen molar-refractivity contribution in [1.82, 2.24) is 5.32 Å². The maximum Gasteiger partial charge on any atom is 0.387 e. The summed E-state index contributed by atoms with van der Waals surface area (Å²) in [5.74, 6) is -1.03. The van der Waals surface area contributed by atoms with Gasteiger partial charge in [0.2, 0.25) is 0 Å². The Morgan fingerprint density at radius 3 is 2.25 bits per heavy atom. The van der Waals surface area contributed by atoms with Gasteiger partial charge in [-0.3, -0.25) is 4.79 Å². The summed E-state index contributed by atoms with van der Waals surface area (Å²) in [7, 11) is 0. The fraction of sp³-hybridized carbons (Fsp3) is 0.333. The quantitative estimate of drug-likeness (QED) is 0.653. The Labute approximate surface area is 162 Å². The minimum absolute atomic E-state index is 0.0659. The Balaban J connectivity index is 1.86. The first-order chi connectivity index (χ1) is 13.4. The van der Waals surface area contributed by atoms with Crippen LogP contribution in [0, 0.1) is 0 Å². The number of ether oxygens (including phenoxy) is 2. The van der Waals surface area contributed by atoms with E-state index in [1.807, 2.05) is 37.3 Å². The summed E-state index contributed by atoms with van der Waals surface area (Å²) in [4.78, 5) is 24.4. The summed E-state index contributed by atoms with van der Waals surface area (Å²) in [6, 6.07) is 14.9. The largest absolute Gasteiger partial charge is 0.449 e. The number of hydrogen-bond donors (Lipinski definition) is 1. The summed E-state index contributed by atoms with van der Waals surface area (Å²) in [5.41, 5.74) is 1.26. The number of carbonyl (C=O) groups is 2. The van der Waals surface area contributed by atoms with Crippen molar-refractivity contribution in [3.05, 3.63) is 65.7 Å². The van der Waals surface area contributed by atoms with Crippen LogP contribution in [0.5, 0.6) is 5.75 Å². The summed E-state index contributed by atoms with van der Waals surface area (Å²) >= 11 is 0. The van der Waals surface area contributed by atoms with Gasteiger partial charge < -0.3 is 14.8 Å². The lowest BCUT2D eigenvalue weighted by Crippen LogP contribution is -2.38. The lowest BCUT2D eigenvalue weighted by atomic mass is 9.96. The molecule has 0 aromatic heterocycles. The maximum atomic E-state index is 12.2. The highest BCUT2D eigenvalue weighted by Gasteiger charge is 2.20. The van der Waals surface area contributed by atoms with Gasteiger partial charge in [0.25, 0.3) is 5.91 Å². The van der Waals surface area contributed by atoms with Gasteiger partial charge in [0.1, 0.15) is 5.75 Å². The SMILES string of the molecule is CC[C@H](CNC(=O)[C@H](C)OC(=O)c1ccc(OC(F)F)cc1)c1ccccc1. The minimum atomic E-state index is -2.94. The van der Waals surface area contributed by atoms with Crippen molar-refractivity contribution in [1.29, 1.82) is 0 Å². The fourth-order valence-electron chi connectivity index (χ4n) is 2.65. The lowest BCUT2D eigenvalue weighted by molar-refractivity contribution is -0.129. The molecule has 0 saturated heterocycles. The third-order valence-corrected chi connectivity index (χ3v) is 4.25. The highest BCUT2D eigenvalue weighted by Crippen LogP contribution is 2.18. The second kappa shape index (κ2) is 10.4. The van der Waals surface area contributed by atoms with E-state index in [1.54, 1.807) is 0 Å². The molecule has 0 radical (unpaired) electrons. The first-order valence-corrected chi connectivity index (χ1v) is 8.99. The molecule has 0 fully saturated rings. The zero-order chi connectivity index (χ0) is 20.5. The second-order valence-electron chi connectivity index (χ2n) is 6.21. The van der Waals surface area contributed by atoms with Crippen LogP contribution in [0.4, 0.5) is 8.78 Å². The van der Waals surface area contributed by atoms with E-state index in [0.29, 0.717) is 6.54 Å². The Morgan fingerprint density at radius 1 is 1.04 bits per heavy atom. The van der Waals surface area contributed by atoms with Gasteiger partial charge in [0, 0.05) is 12.5 Å². The monoisotopic (exact) mass is 391 g/mol. The average molecular weight is 391 g/mol. The van der Waals surface area contributed by atoms with Crippen LogP contribution in [0.1, 0.15) is 42.1 Å². The number of benzene rings is 2. The van der Waals surface area contributed by atoms with Crippen molar-refractivity contribution in [2.75, 3.05) is 6.54 Å². The zero-order valence-electron chi connectivity index (χ0n) is 15.7. The Kier molecular flexibility index (Phi) is 7.92. The maximum absolute atomic E-state index is 12.2. The molecule has 5 nitrogen and oxygen atoms in total. The summed E-state index contributed by atoms with van der Waals surface area (Å²) in [5, 5.41) is 2.80. The molecule has 0 aliphatic heterocycles. The predicted molar refractivity (Wildman–Crippen MR) is 100 cm³/mol. The van der Waals surface area contributed by atoms with Crippen molar-refractivity contribution in [2.45, 2.75) is 38.9 Å². The molecule has 0 aliphatic rings. The number of rotatable bonds is 9. The highest BCUT2D eigenvalue weighted by molar-refractivity contribution is 5.92. The van der Waals surface area contributed by atoms with Crippen molar-refractivity contribution < 1.29 is 27.8 Å². The fourth-order valence-corrected chi connectivity index (χ4v) is 2.65. The van der Waals surface area contributed by atoms with Gasteiger partial charge in [-0.15, -0.1) is 0 Å². The van der Waals surface area contributed by atoms with Gasteiger partial charge in [-0.1, -0.05) is 37.3 Å². The first kappa shape index (κ1) is 21.3. The molecule has 2 atom stereocenters. The summed E-state index contributed by atoms with van der Waals surface area (Å²) in [6.07, 6.45) is -0.135. The molecule has 2 aromatic rings. The molecular weight excluding hydrogens is 368 g/mol. The molecule has 2 aromatic carbocycles. The molecule has 0 heterocycles. The molecule has 2 rings (SSSR count). The van der Waals surface area contributed by atoms with Crippen molar-refractivity contribution in [2.24, 2.45) is 0 Å². The average Bonchev–Trinajstić information content (AvgIpc) is 2.69. The van der Waals surface area contributed by atoms with Gasteiger partial charge >= 0.3 is 12.6 Å². The zero-order valence-corrected chi connectivity index (χ0v) is 15.7. The van der Waals surface area contributed by atoms with Crippen molar-refractivity contribution >= 4 is 11.9 Å². The van der Waals surface area contributed by atoms with Gasteiger partial charge in [0.15, 0.2) is 6.10 Å². The highest BCUT2D eigenvalue weighted by atomic mass is 19.3. The van der Waals surface area contributed by atoms with Gasteiger partial charge in [-0.25, -0.2) is 4.79 Å². The summed E-state index contributed by atoms with van der Waals surface area (Å²) in [6.45, 7) is 1.00. The number of amides is 1. The number of esters is 1. The van der Waals surface area contributed by atoms with Crippen molar-refractivity contribution in [3.63, 3.8) is 0 Å². The Morgan fingerprint density at radius 2 is 1.68 bits per heavy atom. The Bertz CT molecular complexity index is 766. The molecule has 0 aliphatic carbocycles. The van der Waals surface area contributed by atoms with E-state index in [4.69, 9.17) is 4.74 Å². The molecule has 0 spiro atoms. The van der Waals surface area contributed by atoms with Crippen LogP contribution in [0.2, 0.25) is 0 Å². The van der Waals surface area contributed by atoms with E-state index < -0.39 is 24.6 Å². The number of halogens is 2. The number of nitrogens with one attached hydrogen (secondary N) is 1. The molecule has 0 bridgehead atoms. The van der Waals surface area contributed by atoms with Gasteiger partial charge in [-0.2, -0.15) is 8.78 Å². The normalized spacial score (nSPS) is 12.9. The molecule has 1 amide bonds. The molecule has 7 heteroatoms. The molecule has 28 heavy (non-hydrogen) atoms. The summed E-state index contributed by atoms with van der Waals surface area (Å²) < 4.78 is 33.7. The van der Waals surface area contributed by atoms with E-state index in [-0.39, 0.29) is 17.2 Å². The molecular formula is C21H23F2NO4. The van der Waals surface area contributed by atoms with E-state index >= 15 is 0 Å². The van der Waals surface area contributed by atoms with E-state index in [1.165, 1.54) is 31.2 Å². The van der Waals surface area contributed by atoms with Crippen molar-refractivity contribution in [3.8, 4) is 5.75 Å². The van der Waals surface area contributed by atoms with Crippen LogP contribution in [0.3, 0.4) is 0 Å².